The number of aromatic hydroxyl groups is 1. The number of benzene rings is 2. The number of ether oxygens (including phenoxy) is 1. The third kappa shape index (κ3) is 7.45. The van der Waals surface area contributed by atoms with E-state index >= 15 is 0 Å². The molecule has 0 bridgehead atoms. The van der Waals surface area contributed by atoms with Crippen molar-refractivity contribution in [3.8, 4) is 11.5 Å². The maximum atomic E-state index is 13.6. The lowest BCUT2D eigenvalue weighted by molar-refractivity contribution is 0.373. The summed E-state index contributed by atoms with van der Waals surface area (Å²) in [6.45, 7) is 5.17. The minimum Gasteiger partial charge on any atom is -0.504 e. The van der Waals surface area contributed by atoms with Gasteiger partial charge < -0.3 is 25.4 Å². The highest BCUT2D eigenvalue weighted by Crippen LogP contribution is 2.26. The van der Waals surface area contributed by atoms with Crippen LogP contribution in [-0.4, -0.2) is 50.4 Å². The van der Waals surface area contributed by atoms with Crippen LogP contribution < -0.4 is 20.3 Å². The highest BCUT2D eigenvalue weighted by molar-refractivity contribution is 14.0. The van der Waals surface area contributed by atoms with Crippen LogP contribution >= 0.6 is 24.0 Å². The fourth-order valence-corrected chi connectivity index (χ4v) is 3.69. The molecular formula is C23H32FIN4O2. The zero-order valence-corrected chi connectivity index (χ0v) is 20.4. The van der Waals surface area contributed by atoms with Gasteiger partial charge in [0.1, 0.15) is 5.82 Å². The Morgan fingerprint density at radius 3 is 2.87 bits per heavy atom. The molecule has 31 heavy (non-hydrogen) atoms. The Bertz CT molecular complexity index is 865. The van der Waals surface area contributed by atoms with E-state index in [4.69, 9.17) is 9.73 Å². The number of phenolic OH excluding ortho intramolecular Hbond substituents is 1. The van der Waals surface area contributed by atoms with Gasteiger partial charge in [-0.3, -0.25) is 4.99 Å². The molecule has 0 radical (unpaired) electrons. The molecule has 3 rings (SSSR count). The lowest BCUT2D eigenvalue weighted by Gasteiger charge is -2.35. The highest BCUT2D eigenvalue weighted by Gasteiger charge is 2.21. The Kier molecular flexibility index (Phi) is 10.2. The predicted octanol–water partition coefficient (Wildman–Crippen LogP) is 3.92. The van der Waals surface area contributed by atoms with E-state index in [-0.39, 0.29) is 41.6 Å². The number of methoxy groups -OCH3 is 1. The van der Waals surface area contributed by atoms with E-state index in [1.54, 1.807) is 25.3 Å². The smallest absolute Gasteiger partial charge is 0.191 e. The number of nitrogens with zero attached hydrogens (tertiary/aromatic N) is 2. The van der Waals surface area contributed by atoms with Crippen LogP contribution in [0.3, 0.4) is 0 Å². The van der Waals surface area contributed by atoms with Crippen LogP contribution in [0, 0.1) is 5.82 Å². The van der Waals surface area contributed by atoms with Crippen molar-refractivity contribution in [3.05, 3.63) is 53.8 Å². The molecule has 2 aromatic carbocycles. The minimum atomic E-state index is -0.205. The van der Waals surface area contributed by atoms with Gasteiger partial charge in [-0.1, -0.05) is 12.1 Å². The number of hydrogen-bond acceptors (Lipinski definition) is 4. The normalized spacial score (nSPS) is 16.4. The van der Waals surface area contributed by atoms with Crippen LogP contribution in [0.4, 0.5) is 10.1 Å². The average Bonchev–Trinajstić information content (AvgIpc) is 2.75. The lowest BCUT2D eigenvalue weighted by atomic mass is 10.0. The summed E-state index contributed by atoms with van der Waals surface area (Å²) in [5.74, 6) is 1.19. The summed E-state index contributed by atoms with van der Waals surface area (Å²) in [5, 5.41) is 16.6. The van der Waals surface area contributed by atoms with Gasteiger partial charge in [-0.25, -0.2) is 4.39 Å². The first-order valence-corrected chi connectivity index (χ1v) is 10.5. The van der Waals surface area contributed by atoms with Crippen molar-refractivity contribution >= 4 is 35.6 Å². The van der Waals surface area contributed by atoms with Gasteiger partial charge in [0, 0.05) is 37.9 Å². The van der Waals surface area contributed by atoms with E-state index in [0.29, 0.717) is 12.3 Å². The Labute approximate surface area is 200 Å². The molecule has 2 aromatic rings. The average molecular weight is 542 g/mol. The molecule has 6 nitrogen and oxygen atoms in total. The van der Waals surface area contributed by atoms with Crippen LogP contribution in [0.2, 0.25) is 0 Å². The first-order chi connectivity index (χ1) is 14.6. The van der Waals surface area contributed by atoms with Gasteiger partial charge in [-0.2, -0.15) is 0 Å². The van der Waals surface area contributed by atoms with Gasteiger partial charge in [0.05, 0.1) is 7.11 Å². The van der Waals surface area contributed by atoms with Crippen LogP contribution in [0.15, 0.2) is 47.5 Å². The summed E-state index contributed by atoms with van der Waals surface area (Å²) in [5.41, 5.74) is 1.98. The summed E-state index contributed by atoms with van der Waals surface area (Å²) in [7, 11) is 1.54. The molecule has 1 unspecified atom stereocenters. The molecule has 1 aliphatic heterocycles. The first kappa shape index (κ1) is 25.0. The Morgan fingerprint density at radius 2 is 2.13 bits per heavy atom. The maximum absolute atomic E-state index is 13.6. The Hall–Kier alpha value is -2.23. The number of hydrogen-bond donors (Lipinski definition) is 3. The number of guanidine groups is 1. The quantitative estimate of drug-likeness (QED) is 0.281. The third-order valence-corrected chi connectivity index (χ3v) is 5.19. The molecule has 0 aliphatic carbocycles. The van der Waals surface area contributed by atoms with E-state index in [0.717, 1.165) is 56.1 Å². The Morgan fingerprint density at radius 1 is 1.29 bits per heavy atom. The van der Waals surface area contributed by atoms with Gasteiger partial charge >= 0.3 is 0 Å². The van der Waals surface area contributed by atoms with Gasteiger partial charge in [0.2, 0.25) is 0 Å². The van der Waals surface area contributed by atoms with Crippen LogP contribution in [0.25, 0.3) is 0 Å². The van der Waals surface area contributed by atoms with Crippen molar-refractivity contribution in [3.63, 3.8) is 0 Å². The number of anilines is 1. The second-order valence-electron chi connectivity index (χ2n) is 7.43. The molecule has 170 valence electrons. The van der Waals surface area contributed by atoms with E-state index in [2.05, 4.69) is 15.5 Å². The van der Waals surface area contributed by atoms with Gasteiger partial charge in [-0.05, 0) is 62.1 Å². The highest BCUT2D eigenvalue weighted by atomic mass is 127. The predicted molar refractivity (Wildman–Crippen MR) is 135 cm³/mol. The zero-order chi connectivity index (χ0) is 21.3. The summed E-state index contributed by atoms with van der Waals surface area (Å²) in [4.78, 5) is 6.92. The molecule has 1 saturated heterocycles. The molecule has 1 heterocycles. The minimum absolute atomic E-state index is 0. The number of nitrogens with one attached hydrogen (secondary N) is 2. The number of phenols is 1. The van der Waals surface area contributed by atoms with Crippen molar-refractivity contribution in [1.29, 1.82) is 0 Å². The van der Waals surface area contributed by atoms with Crippen LogP contribution in [-0.2, 0) is 6.42 Å². The van der Waals surface area contributed by atoms with Crippen LogP contribution in [0.1, 0.15) is 25.3 Å². The summed E-state index contributed by atoms with van der Waals surface area (Å²) < 4.78 is 18.8. The molecule has 1 aliphatic rings. The summed E-state index contributed by atoms with van der Waals surface area (Å²) in [6.07, 6.45) is 2.83. The second kappa shape index (κ2) is 12.6. The second-order valence-corrected chi connectivity index (χ2v) is 7.43. The SMILES string of the molecule is CCNC(=NCCc1ccc(O)c(OC)c1)NC1CCCN(c2cccc(F)c2)C1.I. The van der Waals surface area contributed by atoms with Crippen LogP contribution in [0.5, 0.6) is 11.5 Å². The molecule has 1 fully saturated rings. The third-order valence-electron chi connectivity index (χ3n) is 5.19. The molecule has 1 atom stereocenters. The zero-order valence-electron chi connectivity index (χ0n) is 18.1. The van der Waals surface area contributed by atoms with E-state index in [1.165, 1.54) is 6.07 Å². The van der Waals surface area contributed by atoms with Crippen molar-refractivity contribution < 1.29 is 14.2 Å². The molecule has 0 saturated carbocycles. The fraction of sp³-hybridized carbons (Fsp3) is 0.435. The lowest BCUT2D eigenvalue weighted by Crippen LogP contribution is -2.51. The van der Waals surface area contributed by atoms with Crippen molar-refractivity contribution in [1.82, 2.24) is 10.6 Å². The molecule has 0 spiro atoms. The molecular weight excluding hydrogens is 510 g/mol. The van der Waals surface area contributed by atoms with Crippen molar-refractivity contribution in [2.45, 2.75) is 32.2 Å². The first-order valence-electron chi connectivity index (χ1n) is 10.5. The number of piperidine rings is 1. The standard InChI is InChI=1S/C23H31FN4O2.HI/c1-3-25-23(26-12-11-17-9-10-21(29)22(14-17)30-2)27-19-7-5-13-28(16-19)20-8-4-6-18(24)15-20;/h4,6,8-10,14-15,19,29H,3,5,7,11-13,16H2,1-2H3,(H2,25,26,27);1H. The fourth-order valence-electron chi connectivity index (χ4n) is 3.69. The topological polar surface area (TPSA) is 69.1 Å². The molecule has 8 heteroatoms. The molecule has 0 amide bonds. The number of rotatable bonds is 7. The largest absolute Gasteiger partial charge is 0.504 e. The molecule has 0 aromatic heterocycles. The number of halogens is 2. The van der Waals surface area contributed by atoms with E-state index in [9.17, 15) is 9.50 Å². The van der Waals surface area contributed by atoms with E-state index < -0.39 is 0 Å². The molecule has 3 N–H and O–H groups in total. The maximum Gasteiger partial charge on any atom is 0.191 e. The summed E-state index contributed by atoms with van der Waals surface area (Å²) in [6, 6.07) is 12.4. The van der Waals surface area contributed by atoms with Gasteiger partial charge in [-0.15, -0.1) is 24.0 Å². The van der Waals surface area contributed by atoms with E-state index in [1.807, 2.05) is 25.1 Å². The monoisotopic (exact) mass is 542 g/mol. The van der Waals surface area contributed by atoms with Gasteiger partial charge in [0.25, 0.3) is 0 Å². The Balaban J connectivity index is 0.00000341. The van der Waals surface area contributed by atoms with Crippen molar-refractivity contribution in [2.24, 2.45) is 4.99 Å². The summed E-state index contributed by atoms with van der Waals surface area (Å²) >= 11 is 0. The van der Waals surface area contributed by atoms with Gasteiger partial charge in [0.15, 0.2) is 17.5 Å². The number of aliphatic imine (C=N–C) groups is 1. The van der Waals surface area contributed by atoms with Crippen molar-refractivity contribution in [2.75, 3.05) is 38.2 Å².